The predicted molar refractivity (Wildman–Crippen MR) is 130 cm³/mol. The number of nitrogens with zero attached hydrogens (tertiary/aromatic N) is 2. The van der Waals surface area contributed by atoms with Crippen molar-refractivity contribution in [3.8, 4) is 17.2 Å². The first-order valence-corrected chi connectivity index (χ1v) is 11.2. The minimum atomic E-state index is -0.294. The van der Waals surface area contributed by atoms with E-state index in [1.54, 1.807) is 21.1 Å². The van der Waals surface area contributed by atoms with Crippen LogP contribution in [0.5, 0.6) is 11.5 Å². The number of carbonyl (C=O) groups excluding carboxylic acids is 2. The number of carbonyl (C=O) groups is 2. The summed E-state index contributed by atoms with van der Waals surface area (Å²) in [6.45, 7) is 7.19. The molecule has 1 saturated heterocycles. The van der Waals surface area contributed by atoms with Gasteiger partial charge in [0.1, 0.15) is 6.61 Å². The minimum absolute atomic E-state index is 0.00501. The van der Waals surface area contributed by atoms with E-state index in [0.29, 0.717) is 23.7 Å². The zero-order valence-electron chi connectivity index (χ0n) is 20.2. The van der Waals surface area contributed by atoms with Crippen molar-refractivity contribution in [3.63, 3.8) is 0 Å². The van der Waals surface area contributed by atoms with E-state index in [2.05, 4.69) is 33.7 Å². The molecule has 2 heterocycles. The maximum absolute atomic E-state index is 12.5. The summed E-state index contributed by atoms with van der Waals surface area (Å²) in [6, 6.07) is 12.0. The van der Waals surface area contributed by atoms with Gasteiger partial charge < -0.3 is 28.4 Å². The maximum Gasteiger partial charge on any atom is 0.302 e. The molecular formula is C26H30N2O6. The average Bonchev–Trinajstić information content (AvgIpc) is 3.07. The molecule has 4 rings (SSSR count). The molecule has 0 unspecified atom stereocenters. The van der Waals surface area contributed by atoms with Crippen LogP contribution >= 0.6 is 0 Å². The lowest BCUT2D eigenvalue weighted by atomic mass is 10.1. The summed E-state index contributed by atoms with van der Waals surface area (Å²) in [7, 11) is 3.19. The first kappa shape index (κ1) is 23.6. The first-order chi connectivity index (χ1) is 16.3. The van der Waals surface area contributed by atoms with Crippen molar-refractivity contribution in [2.45, 2.75) is 26.9 Å². The summed E-state index contributed by atoms with van der Waals surface area (Å²) in [5, 5.41) is 0.836. The lowest BCUT2D eigenvalue weighted by molar-refractivity contribution is -0.143. The van der Waals surface area contributed by atoms with E-state index in [1.807, 2.05) is 19.1 Å². The van der Waals surface area contributed by atoms with Gasteiger partial charge in [0, 0.05) is 54.1 Å². The van der Waals surface area contributed by atoms with Crippen molar-refractivity contribution in [1.82, 2.24) is 4.57 Å². The van der Waals surface area contributed by atoms with Gasteiger partial charge in [-0.05, 0) is 44.2 Å². The van der Waals surface area contributed by atoms with Gasteiger partial charge in [-0.1, -0.05) is 0 Å². The number of fused-ring (bicyclic) bond motifs is 1. The van der Waals surface area contributed by atoms with E-state index < -0.39 is 0 Å². The fraction of sp³-hybridized carbons (Fsp3) is 0.385. The lowest BCUT2D eigenvalue weighted by Gasteiger charge is -2.40. The van der Waals surface area contributed by atoms with Crippen LogP contribution in [0, 0.1) is 6.92 Å². The molecule has 8 heteroatoms. The third kappa shape index (κ3) is 4.46. The van der Waals surface area contributed by atoms with Crippen LogP contribution < -0.4 is 14.4 Å². The highest BCUT2D eigenvalue weighted by atomic mass is 16.6. The monoisotopic (exact) mass is 466 g/mol. The van der Waals surface area contributed by atoms with E-state index >= 15 is 0 Å². The molecule has 8 nitrogen and oxygen atoms in total. The van der Waals surface area contributed by atoms with E-state index in [-0.39, 0.29) is 24.5 Å². The number of methoxy groups -OCH3 is 2. The third-order valence-corrected chi connectivity index (χ3v) is 6.12. The second-order valence-corrected chi connectivity index (χ2v) is 8.33. The summed E-state index contributed by atoms with van der Waals surface area (Å²) in [4.78, 5) is 25.5. The Balaban J connectivity index is 1.56. The van der Waals surface area contributed by atoms with Crippen LogP contribution in [0.25, 0.3) is 16.6 Å². The Labute approximate surface area is 198 Å². The van der Waals surface area contributed by atoms with Gasteiger partial charge in [-0.25, -0.2) is 0 Å². The Bertz CT molecular complexity index is 1210. The summed E-state index contributed by atoms with van der Waals surface area (Å²) in [6.07, 6.45) is 0.131. The molecule has 3 aromatic rings. The van der Waals surface area contributed by atoms with E-state index in [1.165, 1.54) is 6.92 Å². The highest BCUT2D eigenvalue weighted by molar-refractivity contribution is 6.09. The van der Waals surface area contributed by atoms with Crippen molar-refractivity contribution < 1.29 is 28.5 Å². The van der Waals surface area contributed by atoms with Gasteiger partial charge in [0.05, 0.1) is 32.4 Å². The molecule has 1 aliphatic rings. The molecule has 180 valence electrons. The number of esters is 1. The second-order valence-electron chi connectivity index (χ2n) is 8.33. The molecule has 0 saturated carbocycles. The second kappa shape index (κ2) is 9.77. The van der Waals surface area contributed by atoms with Crippen LogP contribution in [-0.4, -0.2) is 62.9 Å². The number of anilines is 1. The van der Waals surface area contributed by atoms with Crippen molar-refractivity contribution in [3.05, 3.63) is 47.7 Å². The lowest BCUT2D eigenvalue weighted by Crippen LogP contribution is -2.52. The molecule has 0 N–H and O–H groups in total. The number of aromatic nitrogens is 1. The highest BCUT2D eigenvalue weighted by Crippen LogP contribution is 2.38. The fourth-order valence-electron chi connectivity index (χ4n) is 4.49. The van der Waals surface area contributed by atoms with E-state index in [4.69, 9.17) is 18.9 Å². The molecule has 1 aromatic heterocycles. The van der Waals surface area contributed by atoms with E-state index in [0.717, 1.165) is 41.1 Å². The predicted octanol–water partition coefficient (Wildman–Crippen LogP) is 3.93. The quantitative estimate of drug-likeness (QED) is 0.269. The molecule has 1 aliphatic heterocycles. The molecular weight excluding hydrogens is 436 g/mol. The Kier molecular flexibility index (Phi) is 6.79. The first-order valence-electron chi connectivity index (χ1n) is 11.2. The Hall–Kier alpha value is -3.52. The van der Waals surface area contributed by atoms with Crippen LogP contribution in [0.15, 0.2) is 36.4 Å². The Morgan fingerprint density at radius 3 is 2.15 bits per heavy atom. The SMILES string of the molecule is COc1cc2c(C(C)=O)c(C)n(-c3ccc(N4CC(OCCOC(C)=O)C4)cc3)c2cc1OC. The molecule has 1 fully saturated rings. The molecule has 0 amide bonds. The van der Waals surface area contributed by atoms with Gasteiger partial charge in [-0.2, -0.15) is 0 Å². The van der Waals surface area contributed by atoms with Crippen molar-refractivity contribution >= 4 is 28.3 Å². The van der Waals surface area contributed by atoms with Crippen molar-refractivity contribution in [2.75, 3.05) is 45.4 Å². The molecule has 0 atom stereocenters. The molecule has 0 radical (unpaired) electrons. The summed E-state index contributed by atoms with van der Waals surface area (Å²) in [5.41, 5.74) is 4.50. The highest BCUT2D eigenvalue weighted by Gasteiger charge is 2.28. The van der Waals surface area contributed by atoms with Crippen molar-refractivity contribution in [1.29, 1.82) is 0 Å². The largest absolute Gasteiger partial charge is 0.493 e. The number of hydrogen-bond acceptors (Lipinski definition) is 7. The Morgan fingerprint density at radius 2 is 1.56 bits per heavy atom. The number of hydrogen-bond donors (Lipinski definition) is 0. The van der Waals surface area contributed by atoms with Gasteiger partial charge in [-0.3, -0.25) is 9.59 Å². The zero-order chi connectivity index (χ0) is 24.4. The Morgan fingerprint density at radius 1 is 0.941 bits per heavy atom. The van der Waals surface area contributed by atoms with Crippen LogP contribution in [-0.2, 0) is 14.3 Å². The number of Topliss-reactive ketones (excluding diaryl/α,β-unsaturated/α-hetero) is 1. The summed E-state index contributed by atoms with van der Waals surface area (Å²) < 4.78 is 23.7. The van der Waals surface area contributed by atoms with Gasteiger partial charge in [0.2, 0.25) is 0 Å². The topological polar surface area (TPSA) is 79.2 Å². The normalized spacial score (nSPS) is 13.6. The molecule has 0 aliphatic carbocycles. The number of ketones is 1. The zero-order valence-corrected chi connectivity index (χ0v) is 20.2. The molecule has 2 aromatic carbocycles. The van der Waals surface area contributed by atoms with Gasteiger partial charge in [0.25, 0.3) is 0 Å². The standard InChI is InChI=1S/C26H30N2O6/c1-16-26(17(2)29)22-12-24(31-4)25(32-5)13-23(22)28(16)20-8-6-19(7-9-20)27-14-21(15-27)34-11-10-33-18(3)30/h6-9,12-13,21H,10-11,14-15H2,1-5H3. The van der Waals surface area contributed by atoms with Crippen LogP contribution in [0.1, 0.15) is 29.9 Å². The fourth-order valence-corrected chi connectivity index (χ4v) is 4.49. The number of rotatable bonds is 9. The molecule has 34 heavy (non-hydrogen) atoms. The van der Waals surface area contributed by atoms with Gasteiger partial charge in [-0.15, -0.1) is 0 Å². The van der Waals surface area contributed by atoms with E-state index in [9.17, 15) is 9.59 Å². The van der Waals surface area contributed by atoms with Crippen LogP contribution in [0.4, 0.5) is 5.69 Å². The summed E-state index contributed by atoms with van der Waals surface area (Å²) >= 11 is 0. The maximum atomic E-state index is 12.5. The molecule has 0 spiro atoms. The average molecular weight is 467 g/mol. The third-order valence-electron chi connectivity index (χ3n) is 6.12. The van der Waals surface area contributed by atoms with Crippen LogP contribution in [0.2, 0.25) is 0 Å². The molecule has 0 bridgehead atoms. The smallest absolute Gasteiger partial charge is 0.302 e. The van der Waals surface area contributed by atoms with Gasteiger partial charge >= 0.3 is 5.97 Å². The summed E-state index contributed by atoms with van der Waals surface area (Å²) in [5.74, 6) is 0.913. The van der Waals surface area contributed by atoms with Gasteiger partial charge in [0.15, 0.2) is 17.3 Å². The minimum Gasteiger partial charge on any atom is -0.493 e. The van der Waals surface area contributed by atoms with Crippen LogP contribution in [0.3, 0.4) is 0 Å². The number of ether oxygens (including phenoxy) is 4. The number of benzene rings is 2. The van der Waals surface area contributed by atoms with Crippen molar-refractivity contribution in [2.24, 2.45) is 0 Å².